The number of hydrogen-bond acceptors (Lipinski definition) is 5. The minimum Gasteiger partial charge on any atom is -0.452 e. The predicted molar refractivity (Wildman–Crippen MR) is 111 cm³/mol. The van der Waals surface area contributed by atoms with Crippen molar-refractivity contribution in [2.24, 2.45) is 5.41 Å². The molecule has 1 N–H and O–H groups in total. The number of benzene rings is 1. The summed E-state index contributed by atoms with van der Waals surface area (Å²) in [5, 5.41) is 3.39. The van der Waals surface area contributed by atoms with Crippen molar-refractivity contribution in [2.45, 2.75) is 66.0 Å². The van der Waals surface area contributed by atoms with E-state index in [1.807, 2.05) is 13.8 Å². The summed E-state index contributed by atoms with van der Waals surface area (Å²) in [7, 11) is 0. The third kappa shape index (κ3) is 5.02. The first kappa shape index (κ1) is 21.0. The summed E-state index contributed by atoms with van der Waals surface area (Å²) in [6.45, 7) is 10.5. The summed E-state index contributed by atoms with van der Waals surface area (Å²) in [6.07, 6.45) is 2.44. The Morgan fingerprint density at radius 1 is 1.21 bits per heavy atom. The van der Waals surface area contributed by atoms with Crippen LogP contribution in [0.5, 0.6) is 0 Å². The lowest BCUT2D eigenvalue weighted by Gasteiger charge is -2.33. The monoisotopic (exact) mass is 399 g/mol. The van der Waals surface area contributed by atoms with Gasteiger partial charge in [0.2, 0.25) is 0 Å². The summed E-state index contributed by atoms with van der Waals surface area (Å²) < 4.78 is 6.86. The Hall–Kier alpha value is -2.70. The molecule has 0 spiro atoms. The lowest BCUT2D eigenvalue weighted by molar-refractivity contribution is -0.126. The molecule has 0 saturated heterocycles. The van der Waals surface area contributed by atoms with Gasteiger partial charge in [-0.2, -0.15) is 0 Å². The Kier molecular flexibility index (Phi) is 5.52. The van der Waals surface area contributed by atoms with Crippen molar-refractivity contribution in [1.82, 2.24) is 14.9 Å². The van der Waals surface area contributed by atoms with Crippen LogP contribution in [0.3, 0.4) is 0 Å². The lowest BCUT2D eigenvalue weighted by atomic mass is 9.82. The van der Waals surface area contributed by atoms with Gasteiger partial charge in [0.1, 0.15) is 5.82 Å². The number of carbonyl (C=O) groups is 2. The Balaban J connectivity index is 1.67. The van der Waals surface area contributed by atoms with Crippen molar-refractivity contribution >= 4 is 22.8 Å². The van der Waals surface area contributed by atoms with Gasteiger partial charge in [0.15, 0.2) is 6.61 Å². The van der Waals surface area contributed by atoms with E-state index in [1.165, 1.54) is 6.07 Å². The maximum atomic E-state index is 12.5. The summed E-state index contributed by atoms with van der Waals surface area (Å²) in [4.78, 5) is 41.6. The Morgan fingerprint density at radius 3 is 2.62 bits per heavy atom. The molecule has 1 aromatic heterocycles. The molecule has 29 heavy (non-hydrogen) atoms. The van der Waals surface area contributed by atoms with Crippen LogP contribution in [-0.4, -0.2) is 33.6 Å². The molecule has 0 unspecified atom stereocenters. The highest BCUT2D eigenvalue weighted by molar-refractivity contribution is 5.95. The number of nitrogens with one attached hydrogen (secondary N) is 1. The first-order valence-corrected chi connectivity index (χ1v) is 9.97. The first-order chi connectivity index (χ1) is 13.5. The van der Waals surface area contributed by atoms with Crippen molar-refractivity contribution in [2.75, 3.05) is 6.61 Å². The average Bonchev–Trinajstić information content (AvgIpc) is 3.05. The van der Waals surface area contributed by atoms with Gasteiger partial charge >= 0.3 is 5.97 Å². The normalized spacial score (nSPS) is 14.0. The SMILES string of the molecule is CC(C)(C)CC(C)(C)NC(=O)COC(=O)c1ccc2c(=O)n3c(nc2c1)CCC3. The van der Waals surface area contributed by atoms with Crippen molar-refractivity contribution in [3.8, 4) is 0 Å². The highest BCUT2D eigenvalue weighted by Crippen LogP contribution is 2.26. The molecule has 0 aliphatic carbocycles. The van der Waals surface area contributed by atoms with Crippen LogP contribution in [0.25, 0.3) is 10.9 Å². The van der Waals surface area contributed by atoms with Gasteiger partial charge in [-0.1, -0.05) is 20.8 Å². The summed E-state index contributed by atoms with van der Waals surface area (Å²) >= 11 is 0. The number of hydrogen-bond donors (Lipinski definition) is 1. The highest BCUT2D eigenvalue weighted by Gasteiger charge is 2.27. The molecule has 0 atom stereocenters. The minimum atomic E-state index is -0.613. The maximum absolute atomic E-state index is 12.5. The van der Waals surface area contributed by atoms with Gasteiger partial charge in [-0.05, 0) is 50.3 Å². The van der Waals surface area contributed by atoms with Crippen LogP contribution in [0.2, 0.25) is 0 Å². The van der Waals surface area contributed by atoms with Crippen LogP contribution in [-0.2, 0) is 22.5 Å². The van der Waals surface area contributed by atoms with E-state index >= 15 is 0 Å². The molecule has 3 rings (SSSR count). The quantitative estimate of drug-likeness (QED) is 0.781. The zero-order chi connectivity index (χ0) is 21.4. The molecule has 7 nitrogen and oxygen atoms in total. The number of carbonyl (C=O) groups excluding carboxylic acids is 2. The summed E-state index contributed by atoms with van der Waals surface area (Å²) in [5.41, 5.74) is 0.326. The molecular formula is C22H29N3O4. The lowest BCUT2D eigenvalue weighted by Crippen LogP contribution is -2.47. The molecule has 7 heteroatoms. The third-order valence-electron chi connectivity index (χ3n) is 4.84. The van der Waals surface area contributed by atoms with E-state index in [0.717, 1.165) is 25.1 Å². The molecular weight excluding hydrogens is 370 g/mol. The molecule has 1 amide bonds. The molecule has 2 heterocycles. The van der Waals surface area contributed by atoms with Crippen LogP contribution in [0.1, 0.15) is 63.6 Å². The van der Waals surface area contributed by atoms with Crippen LogP contribution in [0, 0.1) is 5.41 Å². The van der Waals surface area contributed by atoms with E-state index in [4.69, 9.17) is 4.74 Å². The number of fused-ring (bicyclic) bond motifs is 2. The molecule has 0 bridgehead atoms. The number of rotatable bonds is 5. The first-order valence-electron chi connectivity index (χ1n) is 9.97. The zero-order valence-electron chi connectivity index (χ0n) is 17.8. The topological polar surface area (TPSA) is 90.3 Å². The number of aryl methyl sites for hydroxylation is 1. The molecule has 1 aliphatic rings. The standard InChI is InChI=1S/C22H29N3O4/c1-21(2,3)13-22(4,5)24-18(26)12-29-20(28)14-8-9-15-16(11-14)23-17-7-6-10-25(17)19(15)27/h8-9,11H,6-7,10,12-13H2,1-5H3,(H,24,26). The fourth-order valence-corrected chi connectivity index (χ4v) is 4.21. The fraction of sp³-hybridized carbons (Fsp3) is 0.545. The molecule has 1 aromatic carbocycles. The van der Waals surface area contributed by atoms with Crippen molar-refractivity contribution in [3.63, 3.8) is 0 Å². The molecule has 0 radical (unpaired) electrons. The highest BCUT2D eigenvalue weighted by atomic mass is 16.5. The molecule has 156 valence electrons. The summed E-state index contributed by atoms with van der Waals surface area (Å²) in [6, 6.07) is 4.69. The van der Waals surface area contributed by atoms with Gasteiger partial charge in [0, 0.05) is 18.5 Å². The van der Waals surface area contributed by atoms with E-state index < -0.39 is 11.5 Å². The maximum Gasteiger partial charge on any atom is 0.338 e. The van der Waals surface area contributed by atoms with Gasteiger partial charge in [-0.25, -0.2) is 9.78 Å². The molecule has 0 saturated carbocycles. The predicted octanol–water partition coefficient (Wildman–Crippen LogP) is 2.83. The number of amides is 1. The van der Waals surface area contributed by atoms with Gasteiger partial charge in [0.05, 0.1) is 16.5 Å². The molecule has 2 aromatic rings. The second-order valence-corrected chi connectivity index (χ2v) is 9.57. The van der Waals surface area contributed by atoms with Crippen molar-refractivity contribution in [1.29, 1.82) is 0 Å². The second-order valence-electron chi connectivity index (χ2n) is 9.57. The Morgan fingerprint density at radius 2 is 1.93 bits per heavy atom. The van der Waals surface area contributed by atoms with Gasteiger partial charge < -0.3 is 10.1 Å². The van der Waals surface area contributed by atoms with Gasteiger partial charge in [0.25, 0.3) is 11.5 Å². The van der Waals surface area contributed by atoms with Crippen LogP contribution >= 0.6 is 0 Å². The number of nitrogens with zero attached hydrogens (tertiary/aromatic N) is 2. The molecule has 0 fully saturated rings. The van der Waals surface area contributed by atoms with Gasteiger partial charge in [-0.15, -0.1) is 0 Å². The smallest absolute Gasteiger partial charge is 0.338 e. The van der Waals surface area contributed by atoms with E-state index in [1.54, 1.807) is 16.7 Å². The van der Waals surface area contributed by atoms with Crippen LogP contribution in [0.15, 0.2) is 23.0 Å². The number of aromatic nitrogens is 2. The fourth-order valence-electron chi connectivity index (χ4n) is 4.21. The van der Waals surface area contributed by atoms with Crippen molar-refractivity contribution in [3.05, 3.63) is 39.9 Å². The van der Waals surface area contributed by atoms with Crippen LogP contribution in [0.4, 0.5) is 0 Å². The minimum absolute atomic E-state index is 0.0600. The van der Waals surface area contributed by atoms with E-state index in [0.29, 0.717) is 17.4 Å². The largest absolute Gasteiger partial charge is 0.452 e. The van der Waals surface area contributed by atoms with Crippen molar-refractivity contribution < 1.29 is 14.3 Å². The van der Waals surface area contributed by atoms with E-state index in [9.17, 15) is 14.4 Å². The number of ether oxygens (including phenoxy) is 1. The van der Waals surface area contributed by atoms with E-state index in [-0.39, 0.29) is 29.1 Å². The second kappa shape index (κ2) is 7.61. The summed E-state index contributed by atoms with van der Waals surface area (Å²) in [5.74, 6) is -0.214. The van der Waals surface area contributed by atoms with Crippen LogP contribution < -0.4 is 10.9 Å². The zero-order valence-corrected chi connectivity index (χ0v) is 17.8. The number of esters is 1. The third-order valence-corrected chi connectivity index (χ3v) is 4.84. The Bertz CT molecular complexity index is 1020. The molecule has 1 aliphatic heterocycles. The van der Waals surface area contributed by atoms with Gasteiger partial charge in [-0.3, -0.25) is 14.2 Å². The Labute approximate surface area is 170 Å². The average molecular weight is 399 g/mol. The van der Waals surface area contributed by atoms with E-state index in [2.05, 4.69) is 31.1 Å².